The molecule has 0 atom stereocenters. The molecule has 26 heavy (non-hydrogen) atoms. The molecule has 0 fully saturated rings. The van der Waals surface area contributed by atoms with E-state index in [0.717, 1.165) is 27.2 Å². The van der Waals surface area contributed by atoms with E-state index in [1.807, 2.05) is 30.5 Å². The van der Waals surface area contributed by atoms with Gasteiger partial charge in [-0.3, -0.25) is 0 Å². The van der Waals surface area contributed by atoms with Crippen molar-refractivity contribution in [2.45, 2.75) is 6.92 Å². The second-order valence-corrected chi connectivity index (χ2v) is 6.66. The molecule has 0 bridgehead atoms. The van der Waals surface area contributed by atoms with Gasteiger partial charge in [0.15, 0.2) is 17.3 Å². The number of methoxy groups -OCH3 is 2. The first-order valence-electron chi connectivity index (χ1n) is 7.97. The van der Waals surface area contributed by atoms with Gasteiger partial charge >= 0.3 is 0 Å². The number of benzene rings is 2. The summed E-state index contributed by atoms with van der Waals surface area (Å²) in [5.74, 6) is 1.70. The maximum atomic E-state index is 13.5. The summed E-state index contributed by atoms with van der Waals surface area (Å²) in [7, 11) is 3.21. The van der Waals surface area contributed by atoms with Crippen LogP contribution >= 0.6 is 11.3 Å². The first-order valence-corrected chi connectivity index (χ1v) is 8.85. The SMILES string of the molecule is COc1ccc(-c2nc(-c3oc4ccc(F)cc4c3C)cs2)cc1OC. The van der Waals surface area contributed by atoms with Crippen LogP contribution in [-0.4, -0.2) is 19.2 Å². The number of fused-ring (bicyclic) bond motifs is 1. The highest BCUT2D eigenvalue weighted by atomic mass is 32.1. The minimum Gasteiger partial charge on any atom is -0.493 e. The number of hydrogen-bond donors (Lipinski definition) is 0. The molecule has 0 saturated heterocycles. The van der Waals surface area contributed by atoms with Gasteiger partial charge in [0, 0.05) is 21.9 Å². The number of nitrogens with zero attached hydrogens (tertiary/aromatic N) is 1. The van der Waals surface area contributed by atoms with Gasteiger partial charge in [-0.1, -0.05) is 0 Å². The largest absolute Gasteiger partial charge is 0.493 e. The van der Waals surface area contributed by atoms with E-state index in [0.29, 0.717) is 22.8 Å². The van der Waals surface area contributed by atoms with E-state index in [-0.39, 0.29) is 5.82 Å². The predicted octanol–water partition coefficient (Wildman–Crippen LogP) is 5.69. The molecule has 4 rings (SSSR count). The minimum atomic E-state index is -0.280. The van der Waals surface area contributed by atoms with E-state index < -0.39 is 0 Å². The summed E-state index contributed by atoms with van der Waals surface area (Å²) in [6, 6.07) is 10.2. The zero-order valence-corrected chi connectivity index (χ0v) is 15.3. The van der Waals surface area contributed by atoms with Gasteiger partial charge in [0.05, 0.1) is 14.2 Å². The van der Waals surface area contributed by atoms with Crippen LogP contribution < -0.4 is 9.47 Å². The lowest BCUT2D eigenvalue weighted by atomic mass is 10.1. The lowest BCUT2D eigenvalue weighted by molar-refractivity contribution is 0.355. The highest BCUT2D eigenvalue weighted by molar-refractivity contribution is 7.13. The van der Waals surface area contributed by atoms with Crippen molar-refractivity contribution in [3.05, 3.63) is 53.2 Å². The Morgan fingerprint density at radius 3 is 2.62 bits per heavy atom. The summed E-state index contributed by atoms with van der Waals surface area (Å²) in [5.41, 5.74) is 3.19. The molecule has 132 valence electrons. The molecule has 0 radical (unpaired) electrons. The van der Waals surface area contributed by atoms with Crippen LogP contribution in [0, 0.1) is 12.7 Å². The third kappa shape index (κ3) is 2.72. The fourth-order valence-electron chi connectivity index (χ4n) is 2.92. The standard InChI is InChI=1S/C20H16FNO3S/c1-11-14-9-13(21)5-7-16(14)25-19(11)15-10-26-20(22-15)12-4-6-17(23-2)18(8-12)24-3/h4-10H,1-3H3. The molecule has 2 aromatic carbocycles. The molecule has 0 amide bonds. The van der Waals surface area contributed by atoms with Crippen LogP contribution in [0.25, 0.3) is 33.0 Å². The molecule has 0 spiro atoms. The highest BCUT2D eigenvalue weighted by Crippen LogP contribution is 2.38. The minimum absolute atomic E-state index is 0.280. The summed E-state index contributed by atoms with van der Waals surface area (Å²) in [6.07, 6.45) is 0. The zero-order chi connectivity index (χ0) is 18.3. The molecule has 4 nitrogen and oxygen atoms in total. The Kier molecular flexibility index (Phi) is 4.12. The smallest absolute Gasteiger partial charge is 0.161 e. The summed E-state index contributed by atoms with van der Waals surface area (Å²) in [6.45, 7) is 1.91. The average molecular weight is 369 g/mol. The van der Waals surface area contributed by atoms with Gasteiger partial charge in [0.25, 0.3) is 0 Å². The molecule has 0 aliphatic heterocycles. The second-order valence-electron chi connectivity index (χ2n) is 5.80. The van der Waals surface area contributed by atoms with E-state index in [1.165, 1.54) is 23.5 Å². The van der Waals surface area contributed by atoms with Crippen molar-refractivity contribution in [3.8, 4) is 33.5 Å². The van der Waals surface area contributed by atoms with Crippen LogP contribution in [0.1, 0.15) is 5.56 Å². The van der Waals surface area contributed by atoms with Gasteiger partial charge in [0.1, 0.15) is 22.1 Å². The van der Waals surface area contributed by atoms with E-state index >= 15 is 0 Å². The van der Waals surface area contributed by atoms with E-state index in [4.69, 9.17) is 18.9 Å². The Balaban J connectivity index is 1.76. The van der Waals surface area contributed by atoms with Crippen molar-refractivity contribution in [1.29, 1.82) is 0 Å². The van der Waals surface area contributed by atoms with Crippen LogP contribution in [0.2, 0.25) is 0 Å². The number of furan rings is 1. The van der Waals surface area contributed by atoms with Crippen LogP contribution in [0.5, 0.6) is 11.5 Å². The van der Waals surface area contributed by atoms with E-state index in [1.54, 1.807) is 20.3 Å². The molecule has 0 saturated carbocycles. The first-order chi connectivity index (χ1) is 12.6. The number of halogens is 1. The Bertz CT molecular complexity index is 1100. The quantitative estimate of drug-likeness (QED) is 0.464. The summed E-state index contributed by atoms with van der Waals surface area (Å²) >= 11 is 1.51. The zero-order valence-electron chi connectivity index (χ0n) is 14.5. The maximum absolute atomic E-state index is 13.5. The molecular formula is C20H16FNO3S. The van der Waals surface area contributed by atoms with Gasteiger partial charge in [-0.25, -0.2) is 9.37 Å². The Labute approximate surface area is 153 Å². The first kappa shape index (κ1) is 16.6. The van der Waals surface area contributed by atoms with Crippen LogP contribution in [0.4, 0.5) is 4.39 Å². The number of aryl methyl sites for hydroxylation is 1. The summed E-state index contributed by atoms with van der Waals surface area (Å²) in [5, 5.41) is 3.54. The number of hydrogen-bond acceptors (Lipinski definition) is 5. The van der Waals surface area contributed by atoms with Gasteiger partial charge in [-0.05, 0) is 43.3 Å². The van der Waals surface area contributed by atoms with Gasteiger partial charge in [-0.15, -0.1) is 11.3 Å². The topological polar surface area (TPSA) is 44.5 Å². The molecule has 0 unspecified atom stereocenters. The van der Waals surface area contributed by atoms with E-state index in [2.05, 4.69) is 0 Å². The van der Waals surface area contributed by atoms with Crippen molar-refractivity contribution in [2.24, 2.45) is 0 Å². The third-order valence-corrected chi connectivity index (χ3v) is 5.16. The van der Waals surface area contributed by atoms with Crippen molar-refractivity contribution >= 4 is 22.3 Å². The monoisotopic (exact) mass is 369 g/mol. The van der Waals surface area contributed by atoms with Gasteiger partial charge < -0.3 is 13.9 Å². The van der Waals surface area contributed by atoms with E-state index in [9.17, 15) is 4.39 Å². The fourth-order valence-corrected chi connectivity index (χ4v) is 3.71. The Hall–Kier alpha value is -2.86. The number of thiazole rings is 1. The van der Waals surface area contributed by atoms with Crippen LogP contribution in [0.3, 0.4) is 0 Å². The molecule has 4 aromatic rings. The molecule has 2 aromatic heterocycles. The van der Waals surface area contributed by atoms with Crippen molar-refractivity contribution in [3.63, 3.8) is 0 Å². The molecular weight excluding hydrogens is 353 g/mol. The lowest BCUT2D eigenvalue weighted by Gasteiger charge is -2.08. The normalized spacial score (nSPS) is 11.1. The van der Waals surface area contributed by atoms with Crippen molar-refractivity contribution < 1.29 is 18.3 Å². The van der Waals surface area contributed by atoms with Gasteiger partial charge in [0.2, 0.25) is 0 Å². The van der Waals surface area contributed by atoms with Crippen LogP contribution in [-0.2, 0) is 0 Å². The highest BCUT2D eigenvalue weighted by Gasteiger charge is 2.17. The van der Waals surface area contributed by atoms with Gasteiger partial charge in [-0.2, -0.15) is 0 Å². The third-order valence-electron chi connectivity index (χ3n) is 4.27. The second kappa shape index (κ2) is 6.46. The fraction of sp³-hybridized carbons (Fsp3) is 0.150. The van der Waals surface area contributed by atoms with Crippen LogP contribution in [0.15, 0.2) is 46.2 Å². The number of ether oxygens (including phenoxy) is 2. The predicted molar refractivity (Wildman–Crippen MR) is 101 cm³/mol. The molecule has 0 aliphatic rings. The van der Waals surface area contributed by atoms with Crippen molar-refractivity contribution in [1.82, 2.24) is 4.98 Å². The summed E-state index contributed by atoms with van der Waals surface area (Å²) in [4.78, 5) is 4.69. The Morgan fingerprint density at radius 2 is 1.85 bits per heavy atom. The molecule has 0 aliphatic carbocycles. The lowest BCUT2D eigenvalue weighted by Crippen LogP contribution is -1.90. The Morgan fingerprint density at radius 1 is 1.04 bits per heavy atom. The molecule has 0 N–H and O–H groups in total. The molecule has 2 heterocycles. The average Bonchev–Trinajstić information content (AvgIpc) is 3.26. The van der Waals surface area contributed by atoms with Crippen molar-refractivity contribution in [2.75, 3.05) is 14.2 Å². The molecule has 6 heteroatoms. The maximum Gasteiger partial charge on any atom is 0.161 e. The number of aromatic nitrogens is 1. The number of rotatable bonds is 4. The summed E-state index contributed by atoms with van der Waals surface area (Å²) < 4.78 is 30.0.